The fourth-order valence-corrected chi connectivity index (χ4v) is 2.55. The van der Waals surface area contributed by atoms with Crippen molar-refractivity contribution in [2.45, 2.75) is 38.6 Å². The second-order valence-electron chi connectivity index (χ2n) is 5.07. The lowest BCUT2D eigenvalue weighted by molar-refractivity contribution is 0.316. The largest absolute Gasteiger partial charge is 0.299 e. The molecule has 16 heavy (non-hydrogen) atoms. The Hall–Kier alpha value is -0.890. The molecule has 0 aliphatic carbocycles. The summed E-state index contributed by atoms with van der Waals surface area (Å²) in [5.74, 6) is 0.211. The molecule has 1 fully saturated rings. The van der Waals surface area contributed by atoms with E-state index >= 15 is 0 Å². The van der Waals surface area contributed by atoms with E-state index in [1.807, 2.05) is 19.9 Å². The molecule has 1 atom stereocenters. The maximum absolute atomic E-state index is 13.9. The Bertz CT molecular complexity index is 373. The summed E-state index contributed by atoms with van der Waals surface area (Å²) < 4.78 is 13.9. The average Bonchev–Trinajstić information content (AvgIpc) is 2.63. The van der Waals surface area contributed by atoms with Crippen LogP contribution in [-0.2, 0) is 0 Å². The highest BCUT2D eigenvalue weighted by atomic mass is 19.1. The number of nitrogens with zero attached hydrogens (tertiary/aromatic N) is 1. The van der Waals surface area contributed by atoms with Crippen molar-refractivity contribution in [3.63, 3.8) is 0 Å². The third-order valence-electron chi connectivity index (χ3n) is 3.55. The van der Waals surface area contributed by atoms with Crippen molar-refractivity contribution in [1.82, 2.24) is 4.90 Å². The van der Waals surface area contributed by atoms with Gasteiger partial charge in [-0.15, -0.1) is 0 Å². The number of hydrogen-bond acceptors (Lipinski definition) is 1. The van der Waals surface area contributed by atoms with Crippen LogP contribution in [0.3, 0.4) is 0 Å². The summed E-state index contributed by atoms with van der Waals surface area (Å²) >= 11 is 0. The van der Waals surface area contributed by atoms with Gasteiger partial charge in [0.2, 0.25) is 0 Å². The lowest BCUT2D eigenvalue weighted by Gasteiger charge is -2.20. The molecule has 0 saturated carbocycles. The van der Waals surface area contributed by atoms with E-state index in [0.717, 1.165) is 24.1 Å². The lowest BCUT2D eigenvalue weighted by Crippen LogP contribution is -2.17. The Labute approximate surface area is 97.3 Å². The molecule has 0 bridgehead atoms. The SMILES string of the molecule is CC(C)c1ccc(C2CCCN2C)cc1F. The molecule has 1 aliphatic rings. The minimum Gasteiger partial charge on any atom is -0.299 e. The minimum absolute atomic E-state index is 0.0483. The maximum atomic E-state index is 13.9. The Morgan fingerprint density at radius 2 is 2.12 bits per heavy atom. The summed E-state index contributed by atoms with van der Waals surface area (Å²) in [7, 11) is 2.12. The molecule has 2 heteroatoms. The van der Waals surface area contributed by atoms with Gasteiger partial charge in [0.25, 0.3) is 0 Å². The number of rotatable bonds is 2. The van der Waals surface area contributed by atoms with Gasteiger partial charge in [-0.05, 0) is 49.5 Å². The van der Waals surface area contributed by atoms with E-state index < -0.39 is 0 Å². The molecule has 1 nitrogen and oxygen atoms in total. The van der Waals surface area contributed by atoms with Crippen molar-refractivity contribution < 1.29 is 4.39 Å². The lowest BCUT2D eigenvalue weighted by atomic mass is 9.97. The second kappa shape index (κ2) is 4.54. The second-order valence-corrected chi connectivity index (χ2v) is 5.07. The predicted molar refractivity (Wildman–Crippen MR) is 65.1 cm³/mol. The van der Waals surface area contributed by atoms with E-state index in [-0.39, 0.29) is 11.7 Å². The zero-order valence-corrected chi connectivity index (χ0v) is 10.3. The molecule has 0 spiro atoms. The summed E-state index contributed by atoms with van der Waals surface area (Å²) in [6.07, 6.45) is 2.37. The van der Waals surface area contributed by atoms with Gasteiger partial charge >= 0.3 is 0 Å². The molecule has 1 aromatic carbocycles. The smallest absolute Gasteiger partial charge is 0.126 e. The molecule has 0 radical (unpaired) electrons. The van der Waals surface area contributed by atoms with E-state index in [1.165, 1.54) is 6.42 Å². The first-order chi connectivity index (χ1) is 7.59. The molecule has 2 rings (SSSR count). The van der Waals surface area contributed by atoms with Crippen LogP contribution >= 0.6 is 0 Å². The van der Waals surface area contributed by atoms with E-state index in [2.05, 4.69) is 18.0 Å². The number of halogens is 1. The summed E-state index contributed by atoms with van der Waals surface area (Å²) in [4.78, 5) is 2.31. The van der Waals surface area contributed by atoms with Crippen LogP contribution < -0.4 is 0 Å². The molecule has 88 valence electrons. The van der Waals surface area contributed by atoms with E-state index in [9.17, 15) is 4.39 Å². The average molecular weight is 221 g/mol. The number of hydrogen-bond donors (Lipinski definition) is 0. The van der Waals surface area contributed by atoms with E-state index in [4.69, 9.17) is 0 Å². The van der Waals surface area contributed by atoms with Crippen LogP contribution in [0, 0.1) is 5.82 Å². The Balaban J connectivity index is 2.27. The zero-order valence-electron chi connectivity index (χ0n) is 10.3. The van der Waals surface area contributed by atoms with Gasteiger partial charge in [-0.2, -0.15) is 0 Å². The molecular weight excluding hydrogens is 201 g/mol. The molecule has 1 heterocycles. The zero-order chi connectivity index (χ0) is 11.7. The van der Waals surface area contributed by atoms with Crippen molar-refractivity contribution in [2.75, 3.05) is 13.6 Å². The number of benzene rings is 1. The molecule has 0 N–H and O–H groups in total. The highest BCUT2D eigenvalue weighted by molar-refractivity contribution is 5.29. The van der Waals surface area contributed by atoms with Crippen LogP contribution in [-0.4, -0.2) is 18.5 Å². The first-order valence-electron chi connectivity index (χ1n) is 6.09. The van der Waals surface area contributed by atoms with Crippen molar-refractivity contribution in [3.8, 4) is 0 Å². The van der Waals surface area contributed by atoms with Gasteiger partial charge in [-0.3, -0.25) is 4.90 Å². The van der Waals surface area contributed by atoms with Gasteiger partial charge in [-0.1, -0.05) is 26.0 Å². The summed E-state index contributed by atoms with van der Waals surface area (Å²) in [5, 5.41) is 0. The molecule has 0 aromatic heterocycles. The topological polar surface area (TPSA) is 3.24 Å². The highest BCUT2D eigenvalue weighted by Crippen LogP contribution is 2.32. The van der Waals surface area contributed by atoms with Gasteiger partial charge < -0.3 is 0 Å². The van der Waals surface area contributed by atoms with Crippen molar-refractivity contribution >= 4 is 0 Å². The van der Waals surface area contributed by atoms with Gasteiger partial charge in [0.1, 0.15) is 5.82 Å². The van der Waals surface area contributed by atoms with Crippen LogP contribution in [0.4, 0.5) is 4.39 Å². The van der Waals surface area contributed by atoms with Crippen LogP contribution in [0.25, 0.3) is 0 Å². The van der Waals surface area contributed by atoms with Gasteiger partial charge in [-0.25, -0.2) is 4.39 Å². The Morgan fingerprint density at radius 3 is 2.62 bits per heavy atom. The van der Waals surface area contributed by atoms with Crippen molar-refractivity contribution in [3.05, 3.63) is 35.1 Å². The molecule has 0 amide bonds. The van der Waals surface area contributed by atoms with Crippen LogP contribution in [0.2, 0.25) is 0 Å². The first kappa shape index (κ1) is 11.6. The summed E-state index contributed by atoms with van der Waals surface area (Å²) in [6.45, 7) is 5.18. The predicted octanol–water partition coefficient (Wildman–Crippen LogP) is 3.72. The molecule has 1 saturated heterocycles. The third kappa shape index (κ3) is 2.12. The monoisotopic (exact) mass is 221 g/mol. The van der Waals surface area contributed by atoms with Crippen molar-refractivity contribution in [2.24, 2.45) is 0 Å². The van der Waals surface area contributed by atoms with Gasteiger partial charge in [0.05, 0.1) is 0 Å². The van der Waals surface area contributed by atoms with Gasteiger partial charge in [0, 0.05) is 6.04 Å². The first-order valence-corrected chi connectivity index (χ1v) is 6.09. The van der Waals surface area contributed by atoms with Crippen LogP contribution in [0.5, 0.6) is 0 Å². The summed E-state index contributed by atoms with van der Waals surface area (Å²) in [5.41, 5.74) is 1.95. The molecular formula is C14H20FN. The summed E-state index contributed by atoms with van der Waals surface area (Å²) in [6, 6.07) is 6.17. The minimum atomic E-state index is -0.0483. The van der Waals surface area contributed by atoms with Gasteiger partial charge in [0.15, 0.2) is 0 Å². The third-order valence-corrected chi connectivity index (χ3v) is 3.55. The fraction of sp³-hybridized carbons (Fsp3) is 0.571. The Morgan fingerprint density at radius 1 is 1.38 bits per heavy atom. The van der Waals surface area contributed by atoms with Crippen LogP contribution in [0.1, 0.15) is 49.8 Å². The van der Waals surface area contributed by atoms with E-state index in [0.29, 0.717) is 6.04 Å². The molecule has 1 aliphatic heterocycles. The molecule has 1 unspecified atom stereocenters. The highest BCUT2D eigenvalue weighted by Gasteiger charge is 2.23. The van der Waals surface area contributed by atoms with E-state index in [1.54, 1.807) is 6.07 Å². The number of likely N-dealkylation sites (tertiary alicyclic amines) is 1. The van der Waals surface area contributed by atoms with Crippen LogP contribution in [0.15, 0.2) is 18.2 Å². The maximum Gasteiger partial charge on any atom is 0.126 e. The Kier molecular flexibility index (Phi) is 3.29. The molecule has 1 aromatic rings. The van der Waals surface area contributed by atoms with Crippen molar-refractivity contribution in [1.29, 1.82) is 0 Å². The fourth-order valence-electron chi connectivity index (χ4n) is 2.55. The normalized spacial score (nSPS) is 21.9. The standard InChI is InChI=1S/C14H20FN/c1-10(2)12-7-6-11(9-13(12)15)14-5-4-8-16(14)3/h6-7,9-10,14H,4-5,8H2,1-3H3. The quantitative estimate of drug-likeness (QED) is 0.735.